The monoisotopic (exact) mass is 357 g/mol. The van der Waals surface area contributed by atoms with E-state index in [1.54, 1.807) is 50.4 Å². The van der Waals surface area contributed by atoms with E-state index in [0.717, 1.165) is 0 Å². The van der Waals surface area contributed by atoms with E-state index in [9.17, 15) is 9.59 Å². The molecule has 1 unspecified atom stereocenters. The molecule has 0 bridgehead atoms. The van der Waals surface area contributed by atoms with Gasteiger partial charge in [0.15, 0.2) is 11.5 Å². The van der Waals surface area contributed by atoms with Crippen molar-refractivity contribution in [2.45, 2.75) is 13.8 Å². The molecular weight excluding hydrogens is 334 g/mol. The van der Waals surface area contributed by atoms with Crippen LogP contribution < -0.4 is 9.47 Å². The zero-order valence-corrected chi connectivity index (χ0v) is 15.1. The second-order valence-electron chi connectivity index (χ2n) is 5.90. The van der Waals surface area contributed by atoms with Crippen LogP contribution in [-0.4, -0.2) is 42.1 Å². The van der Waals surface area contributed by atoms with Gasteiger partial charge in [0, 0.05) is 13.6 Å². The summed E-state index contributed by atoms with van der Waals surface area (Å²) in [5, 5.41) is 9.04. The van der Waals surface area contributed by atoms with Crippen molar-refractivity contribution in [3.8, 4) is 17.2 Å². The molecule has 0 heterocycles. The zero-order valence-electron chi connectivity index (χ0n) is 15.1. The second-order valence-corrected chi connectivity index (χ2v) is 5.90. The minimum Gasteiger partial charge on any atom is -0.490 e. The number of para-hydroxylation sites is 3. The number of carboxylic acid groups (broad SMARTS) is 1. The van der Waals surface area contributed by atoms with Gasteiger partial charge in [0.25, 0.3) is 5.91 Å². The number of rotatable bonds is 8. The standard InChI is InChI=1S/C20H23NO5/c1-4-25-17-11-7-8-12-18(17)26-16-10-6-5-9-15(16)19(22)21(3)13-14(2)20(23)24/h5-12,14H,4,13H2,1-3H3,(H,23,24). The smallest absolute Gasteiger partial charge is 0.308 e. The van der Waals surface area contributed by atoms with E-state index < -0.39 is 11.9 Å². The Kier molecular flexibility index (Phi) is 6.60. The molecule has 0 aliphatic carbocycles. The second kappa shape index (κ2) is 8.89. The first kappa shape index (κ1) is 19.3. The topological polar surface area (TPSA) is 76.1 Å². The molecule has 0 spiro atoms. The molecule has 0 radical (unpaired) electrons. The van der Waals surface area contributed by atoms with E-state index in [4.69, 9.17) is 14.6 Å². The fourth-order valence-corrected chi connectivity index (χ4v) is 2.44. The Morgan fingerprint density at radius 3 is 2.23 bits per heavy atom. The van der Waals surface area contributed by atoms with Crippen LogP contribution in [0.4, 0.5) is 0 Å². The molecule has 2 aromatic carbocycles. The third kappa shape index (κ3) is 4.75. The molecule has 26 heavy (non-hydrogen) atoms. The average Bonchev–Trinajstić information content (AvgIpc) is 2.63. The molecule has 1 N–H and O–H groups in total. The van der Waals surface area contributed by atoms with Gasteiger partial charge in [-0.3, -0.25) is 9.59 Å². The van der Waals surface area contributed by atoms with E-state index in [-0.39, 0.29) is 12.5 Å². The lowest BCUT2D eigenvalue weighted by atomic mass is 10.1. The van der Waals surface area contributed by atoms with Gasteiger partial charge >= 0.3 is 5.97 Å². The first-order valence-electron chi connectivity index (χ1n) is 8.41. The fourth-order valence-electron chi connectivity index (χ4n) is 2.44. The number of hydrogen-bond donors (Lipinski definition) is 1. The number of aliphatic carboxylic acids is 1. The van der Waals surface area contributed by atoms with Crippen LogP contribution in [0.5, 0.6) is 17.2 Å². The Morgan fingerprint density at radius 1 is 1.04 bits per heavy atom. The fraction of sp³-hybridized carbons (Fsp3) is 0.300. The van der Waals surface area contributed by atoms with Crippen LogP contribution in [0.25, 0.3) is 0 Å². The van der Waals surface area contributed by atoms with Crippen LogP contribution in [0.3, 0.4) is 0 Å². The summed E-state index contributed by atoms with van der Waals surface area (Å²) >= 11 is 0. The predicted molar refractivity (Wildman–Crippen MR) is 97.9 cm³/mol. The molecule has 0 saturated heterocycles. The summed E-state index contributed by atoms with van der Waals surface area (Å²) in [7, 11) is 1.58. The van der Waals surface area contributed by atoms with Gasteiger partial charge in [-0.15, -0.1) is 0 Å². The first-order chi connectivity index (χ1) is 12.4. The van der Waals surface area contributed by atoms with Crippen molar-refractivity contribution in [3.05, 3.63) is 54.1 Å². The molecule has 0 fully saturated rings. The lowest BCUT2D eigenvalue weighted by Crippen LogP contribution is -2.33. The molecule has 2 aromatic rings. The normalized spacial score (nSPS) is 11.5. The van der Waals surface area contributed by atoms with Gasteiger partial charge in [0.2, 0.25) is 0 Å². The number of nitrogens with zero attached hydrogens (tertiary/aromatic N) is 1. The average molecular weight is 357 g/mol. The largest absolute Gasteiger partial charge is 0.490 e. The summed E-state index contributed by atoms with van der Waals surface area (Å²) in [5.74, 6) is -0.418. The number of ether oxygens (including phenoxy) is 2. The van der Waals surface area contributed by atoms with Crippen molar-refractivity contribution in [1.82, 2.24) is 4.90 Å². The van der Waals surface area contributed by atoms with Crippen molar-refractivity contribution in [3.63, 3.8) is 0 Å². The van der Waals surface area contributed by atoms with E-state index in [0.29, 0.717) is 29.4 Å². The van der Waals surface area contributed by atoms with Gasteiger partial charge in [0.1, 0.15) is 5.75 Å². The van der Waals surface area contributed by atoms with Gasteiger partial charge in [-0.1, -0.05) is 31.2 Å². The van der Waals surface area contributed by atoms with Crippen LogP contribution in [0, 0.1) is 5.92 Å². The number of hydrogen-bond acceptors (Lipinski definition) is 4. The van der Waals surface area contributed by atoms with Crippen molar-refractivity contribution >= 4 is 11.9 Å². The Balaban J connectivity index is 2.25. The SMILES string of the molecule is CCOc1ccccc1Oc1ccccc1C(=O)N(C)CC(C)C(=O)O. The van der Waals surface area contributed by atoms with Crippen LogP contribution in [0.1, 0.15) is 24.2 Å². The van der Waals surface area contributed by atoms with E-state index in [1.807, 2.05) is 19.1 Å². The van der Waals surface area contributed by atoms with E-state index >= 15 is 0 Å². The lowest BCUT2D eigenvalue weighted by molar-refractivity contribution is -0.141. The van der Waals surface area contributed by atoms with Gasteiger partial charge < -0.3 is 19.5 Å². The molecule has 0 aromatic heterocycles. The van der Waals surface area contributed by atoms with Crippen LogP contribution in [-0.2, 0) is 4.79 Å². The molecular formula is C20H23NO5. The summed E-state index contributed by atoms with van der Waals surface area (Å²) < 4.78 is 11.5. The summed E-state index contributed by atoms with van der Waals surface area (Å²) in [4.78, 5) is 25.2. The summed E-state index contributed by atoms with van der Waals surface area (Å²) in [6.07, 6.45) is 0. The van der Waals surface area contributed by atoms with E-state index in [1.165, 1.54) is 4.90 Å². The van der Waals surface area contributed by atoms with Gasteiger partial charge in [-0.2, -0.15) is 0 Å². The summed E-state index contributed by atoms with van der Waals surface area (Å²) in [6, 6.07) is 14.1. The minimum absolute atomic E-state index is 0.109. The number of carboxylic acids is 1. The highest BCUT2D eigenvalue weighted by Crippen LogP contribution is 2.33. The number of benzene rings is 2. The molecule has 2 rings (SSSR count). The lowest BCUT2D eigenvalue weighted by Gasteiger charge is -2.21. The number of carbonyl (C=O) groups is 2. The molecule has 6 heteroatoms. The van der Waals surface area contributed by atoms with Crippen molar-refractivity contribution in [2.75, 3.05) is 20.2 Å². The van der Waals surface area contributed by atoms with Crippen LogP contribution in [0.2, 0.25) is 0 Å². The Morgan fingerprint density at radius 2 is 1.62 bits per heavy atom. The highest BCUT2D eigenvalue weighted by Gasteiger charge is 2.21. The number of amides is 1. The van der Waals surface area contributed by atoms with Gasteiger partial charge in [0.05, 0.1) is 18.1 Å². The highest BCUT2D eigenvalue weighted by molar-refractivity contribution is 5.97. The maximum atomic E-state index is 12.7. The Labute approximate surface area is 153 Å². The summed E-state index contributed by atoms with van der Waals surface area (Å²) in [5.41, 5.74) is 0.360. The molecule has 6 nitrogen and oxygen atoms in total. The highest BCUT2D eigenvalue weighted by atomic mass is 16.5. The maximum absolute atomic E-state index is 12.7. The molecule has 0 aliphatic heterocycles. The van der Waals surface area contributed by atoms with Crippen LogP contribution in [0.15, 0.2) is 48.5 Å². The van der Waals surface area contributed by atoms with Crippen molar-refractivity contribution in [1.29, 1.82) is 0 Å². The van der Waals surface area contributed by atoms with Gasteiger partial charge in [-0.25, -0.2) is 0 Å². The number of carbonyl (C=O) groups excluding carboxylic acids is 1. The maximum Gasteiger partial charge on any atom is 0.308 e. The third-order valence-electron chi connectivity index (χ3n) is 3.80. The summed E-state index contributed by atoms with van der Waals surface area (Å²) in [6.45, 7) is 4.05. The van der Waals surface area contributed by atoms with Gasteiger partial charge in [-0.05, 0) is 31.2 Å². The molecule has 1 atom stereocenters. The Bertz CT molecular complexity index is 774. The third-order valence-corrected chi connectivity index (χ3v) is 3.80. The van der Waals surface area contributed by atoms with Crippen molar-refractivity contribution < 1.29 is 24.2 Å². The van der Waals surface area contributed by atoms with Crippen molar-refractivity contribution in [2.24, 2.45) is 5.92 Å². The first-order valence-corrected chi connectivity index (χ1v) is 8.41. The van der Waals surface area contributed by atoms with Crippen LogP contribution >= 0.6 is 0 Å². The van der Waals surface area contributed by atoms with E-state index in [2.05, 4.69) is 0 Å². The predicted octanol–water partition coefficient (Wildman–Crippen LogP) is 3.67. The molecule has 1 amide bonds. The molecule has 0 saturated carbocycles. The Hall–Kier alpha value is -3.02. The quantitative estimate of drug-likeness (QED) is 0.780. The molecule has 138 valence electrons. The zero-order chi connectivity index (χ0) is 19.1. The minimum atomic E-state index is -0.945. The molecule has 0 aliphatic rings.